The van der Waals surface area contributed by atoms with E-state index in [1.165, 1.54) is 0 Å². The van der Waals surface area contributed by atoms with E-state index in [0.717, 1.165) is 22.4 Å². The highest BCUT2D eigenvalue weighted by atomic mass is 19.4. The van der Waals surface area contributed by atoms with Crippen LogP contribution >= 0.6 is 0 Å². The molecule has 2 aliphatic heterocycles. The van der Waals surface area contributed by atoms with E-state index in [-0.39, 0.29) is 29.6 Å². The van der Waals surface area contributed by atoms with Crippen molar-refractivity contribution < 1.29 is 18.0 Å². The quantitative estimate of drug-likeness (QED) is 0.506. The molecule has 0 saturated heterocycles. The van der Waals surface area contributed by atoms with Crippen LogP contribution < -0.4 is 5.32 Å². The summed E-state index contributed by atoms with van der Waals surface area (Å²) in [4.78, 5) is 18.1. The summed E-state index contributed by atoms with van der Waals surface area (Å²) >= 11 is 0. The Kier molecular flexibility index (Phi) is 5.50. The first kappa shape index (κ1) is 24.4. The van der Waals surface area contributed by atoms with Crippen molar-refractivity contribution >= 4 is 5.78 Å². The van der Waals surface area contributed by atoms with Crippen LogP contribution in [0.1, 0.15) is 56.9 Å². The minimum atomic E-state index is -4.69. The van der Waals surface area contributed by atoms with Gasteiger partial charge in [0.1, 0.15) is 0 Å². The van der Waals surface area contributed by atoms with Crippen molar-refractivity contribution in [2.24, 2.45) is 15.6 Å². The van der Waals surface area contributed by atoms with Crippen LogP contribution in [0.2, 0.25) is 0 Å². The molecule has 0 spiro atoms. The lowest BCUT2D eigenvalue weighted by Crippen LogP contribution is -2.52. The molecule has 0 amide bonds. The Morgan fingerprint density at radius 1 is 1.14 bits per heavy atom. The molecular formula is C28H29F3N4O. The summed E-state index contributed by atoms with van der Waals surface area (Å²) in [5.74, 6) is -0.128. The van der Waals surface area contributed by atoms with E-state index in [1.54, 1.807) is 6.20 Å². The lowest BCUT2D eigenvalue weighted by molar-refractivity contribution is -0.119. The highest BCUT2D eigenvalue weighted by Gasteiger charge is 2.57. The lowest BCUT2D eigenvalue weighted by atomic mass is 9.58. The van der Waals surface area contributed by atoms with E-state index >= 15 is 0 Å². The zero-order valence-corrected chi connectivity index (χ0v) is 21.0. The van der Waals surface area contributed by atoms with E-state index in [2.05, 4.69) is 20.5 Å². The summed E-state index contributed by atoms with van der Waals surface area (Å²) in [6, 6.07) is 9.51. The van der Waals surface area contributed by atoms with Crippen molar-refractivity contribution in [2.75, 3.05) is 0 Å². The highest BCUT2D eigenvalue weighted by Crippen LogP contribution is 2.56. The molecule has 8 heteroatoms. The first-order valence-electron chi connectivity index (χ1n) is 12.2. The predicted octanol–water partition coefficient (Wildman–Crippen LogP) is 6.87. The molecule has 3 heterocycles. The molecule has 1 aromatic carbocycles. The topological polar surface area (TPSA) is 66.7 Å². The third kappa shape index (κ3) is 3.69. The first-order valence-corrected chi connectivity index (χ1v) is 12.2. The molecule has 36 heavy (non-hydrogen) atoms. The van der Waals surface area contributed by atoms with E-state index in [0.29, 0.717) is 23.3 Å². The molecule has 188 valence electrons. The Morgan fingerprint density at radius 3 is 2.58 bits per heavy atom. The molecule has 0 radical (unpaired) electrons. The van der Waals surface area contributed by atoms with Gasteiger partial charge in [0.15, 0.2) is 17.6 Å². The second-order valence-electron chi connectivity index (χ2n) is 10.8. The monoisotopic (exact) mass is 494 g/mol. The Balaban J connectivity index is 1.83. The Morgan fingerprint density at radius 2 is 1.89 bits per heavy atom. The number of halogens is 3. The second-order valence-corrected chi connectivity index (χ2v) is 10.8. The highest BCUT2D eigenvalue weighted by molar-refractivity contribution is 6.01. The van der Waals surface area contributed by atoms with Crippen LogP contribution in [0.5, 0.6) is 0 Å². The van der Waals surface area contributed by atoms with Gasteiger partial charge in [0.2, 0.25) is 0 Å². The number of fused-ring (bicyclic) bond motifs is 1. The normalized spacial score (nSPS) is 25.1. The number of carbonyl (C=O) groups is 1. The number of azo groups is 1. The van der Waals surface area contributed by atoms with Gasteiger partial charge in [-0.25, -0.2) is 0 Å². The van der Waals surface area contributed by atoms with Gasteiger partial charge in [0.05, 0.1) is 5.41 Å². The van der Waals surface area contributed by atoms with E-state index in [4.69, 9.17) is 0 Å². The van der Waals surface area contributed by atoms with Crippen LogP contribution in [0.3, 0.4) is 0 Å². The van der Waals surface area contributed by atoms with Gasteiger partial charge in [-0.2, -0.15) is 18.3 Å². The van der Waals surface area contributed by atoms with Crippen LogP contribution in [0, 0.1) is 19.3 Å². The summed E-state index contributed by atoms with van der Waals surface area (Å²) in [6.45, 7) is 9.70. The van der Waals surface area contributed by atoms with Crippen molar-refractivity contribution in [2.45, 2.75) is 71.6 Å². The van der Waals surface area contributed by atoms with Crippen LogP contribution in [-0.4, -0.2) is 23.1 Å². The molecule has 0 bridgehead atoms. The van der Waals surface area contributed by atoms with E-state index in [1.807, 2.05) is 65.0 Å². The van der Waals surface area contributed by atoms with E-state index < -0.39 is 23.5 Å². The number of hydrogen-bond donors (Lipinski definition) is 1. The van der Waals surface area contributed by atoms with Crippen LogP contribution in [0.25, 0.3) is 11.1 Å². The average molecular weight is 495 g/mol. The number of aryl methyl sites for hydroxylation is 2. The molecule has 1 N–H and O–H groups in total. The summed E-state index contributed by atoms with van der Waals surface area (Å²) in [7, 11) is 0. The zero-order chi connectivity index (χ0) is 26.0. The van der Waals surface area contributed by atoms with Crippen molar-refractivity contribution in [3.63, 3.8) is 0 Å². The maximum atomic E-state index is 14.3. The third-order valence-corrected chi connectivity index (χ3v) is 7.58. The second kappa shape index (κ2) is 8.11. The maximum Gasteiger partial charge on any atom is 0.435 e. The van der Waals surface area contributed by atoms with Gasteiger partial charge >= 0.3 is 6.18 Å². The van der Waals surface area contributed by atoms with Gasteiger partial charge in [-0.1, -0.05) is 39.0 Å². The minimum Gasteiger partial charge on any atom is -0.362 e. The van der Waals surface area contributed by atoms with E-state index in [9.17, 15) is 18.0 Å². The molecule has 5 nitrogen and oxygen atoms in total. The van der Waals surface area contributed by atoms with Crippen molar-refractivity contribution in [3.8, 4) is 11.1 Å². The van der Waals surface area contributed by atoms with Crippen molar-refractivity contribution in [1.82, 2.24) is 10.3 Å². The number of aromatic nitrogens is 1. The van der Waals surface area contributed by atoms with Crippen LogP contribution in [0.15, 0.2) is 69.3 Å². The number of Topliss-reactive ketones (excluding diaryl/α,β-unsaturated/α-hetero) is 1. The standard InChI is InChI=1S/C28H29F3N4O/c1-6-27(18-9-7-8-17(11-18)19-10-16(3)32-14-15(19)2)22-20(12-26(4,5)13-21(22)36)33-25-23(27)24(34-35-25)28(29,30)31/h7-11,14,25,33H,6,12-13H2,1-5H3. The molecule has 5 rings (SSSR count). The number of ketones is 1. The summed E-state index contributed by atoms with van der Waals surface area (Å²) < 4.78 is 42.8. The number of nitrogens with zero attached hydrogens (tertiary/aromatic N) is 3. The summed E-state index contributed by atoms with van der Waals surface area (Å²) in [5, 5.41) is 10.8. The molecule has 0 saturated carbocycles. The summed E-state index contributed by atoms with van der Waals surface area (Å²) in [6.07, 6.45) is -2.77. The van der Waals surface area contributed by atoms with Gasteiger partial charge in [-0.15, -0.1) is 5.11 Å². The van der Waals surface area contributed by atoms with Crippen molar-refractivity contribution in [1.29, 1.82) is 0 Å². The largest absolute Gasteiger partial charge is 0.435 e. The lowest BCUT2D eigenvalue weighted by Gasteiger charge is -2.48. The third-order valence-electron chi connectivity index (χ3n) is 7.58. The molecular weight excluding hydrogens is 465 g/mol. The Bertz CT molecular complexity index is 1370. The number of carbonyl (C=O) groups excluding carboxylic acids is 1. The molecule has 2 atom stereocenters. The number of benzene rings is 1. The fourth-order valence-corrected chi connectivity index (χ4v) is 6.10. The molecule has 0 fully saturated rings. The Labute approximate surface area is 208 Å². The van der Waals surface area contributed by atoms with Gasteiger partial charge in [-0.05, 0) is 66.5 Å². The maximum absolute atomic E-state index is 14.3. The van der Waals surface area contributed by atoms with Gasteiger partial charge in [0, 0.05) is 35.2 Å². The van der Waals surface area contributed by atoms with Gasteiger partial charge in [-0.3, -0.25) is 9.78 Å². The van der Waals surface area contributed by atoms with Gasteiger partial charge < -0.3 is 5.32 Å². The van der Waals surface area contributed by atoms with Crippen molar-refractivity contribution in [3.05, 3.63) is 75.9 Å². The molecule has 1 aromatic heterocycles. The number of pyridine rings is 1. The first-order chi connectivity index (χ1) is 16.9. The fourth-order valence-electron chi connectivity index (χ4n) is 6.10. The molecule has 3 aliphatic rings. The number of hydrogen-bond acceptors (Lipinski definition) is 5. The smallest absolute Gasteiger partial charge is 0.362 e. The minimum absolute atomic E-state index is 0.0177. The molecule has 2 unspecified atom stereocenters. The number of allylic oxidation sites excluding steroid dienone is 3. The number of rotatable bonds is 3. The zero-order valence-electron chi connectivity index (χ0n) is 21.0. The fraction of sp³-hybridized carbons (Fsp3) is 0.429. The SMILES string of the molecule is CCC1(c2cccc(-c3cc(C)ncc3C)c2)C2=C(CC(C)(C)CC2=O)NC2N=NC(C(F)(F)F)=C21. The van der Waals surface area contributed by atoms with Crippen LogP contribution in [0.4, 0.5) is 13.2 Å². The number of alkyl halides is 3. The number of nitrogens with one attached hydrogen (secondary N) is 1. The van der Waals surface area contributed by atoms with Gasteiger partial charge in [0.25, 0.3) is 0 Å². The predicted molar refractivity (Wildman–Crippen MR) is 131 cm³/mol. The average Bonchev–Trinajstić information content (AvgIpc) is 3.23. The Hall–Kier alpha value is -3.29. The summed E-state index contributed by atoms with van der Waals surface area (Å²) in [5.41, 5.74) is 2.78. The van der Waals surface area contributed by atoms with Crippen LogP contribution in [-0.2, 0) is 10.2 Å². The molecule has 1 aliphatic carbocycles. The molecule has 2 aromatic rings.